The average Bonchev–Trinajstić information content (AvgIpc) is 2.60. The molecule has 0 radical (unpaired) electrons. The highest BCUT2D eigenvalue weighted by molar-refractivity contribution is 6.13. The normalized spacial score (nSPS) is 12.6. The van der Waals surface area contributed by atoms with E-state index in [9.17, 15) is 9.59 Å². The van der Waals surface area contributed by atoms with Gasteiger partial charge in [0.2, 0.25) is 0 Å². The van der Waals surface area contributed by atoms with Crippen molar-refractivity contribution >= 4 is 11.9 Å². The Kier molecular flexibility index (Phi) is 8.75. The maximum absolute atomic E-state index is 12.0. The third-order valence-electron chi connectivity index (χ3n) is 4.00. The molecule has 0 bridgehead atoms. The lowest BCUT2D eigenvalue weighted by Crippen LogP contribution is -2.34. The van der Waals surface area contributed by atoms with Crippen molar-refractivity contribution in [2.45, 2.75) is 46.0 Å². The van der Waals surface area contributed by atoms with Crippen LogP contribution in [0.4, 0.5) is 0 Å². The van der Waals surface area contributed by atoms with Crippen LogP contribution >= 0.6 is 0 Å². The van der Waals surface area contributed by atoms with Gasteiger partial charge in [-0.25, -0.2) is 9.59 Å². The van der Waals surface area contributed by atoms with Crippen molar-refractivity contribution in [1.29, 1.82) is 0 Å². The number of rotatable bonds is 10. The van der Waals surface area contributed by atoms with Crippen LogP contribution < -0.4 is 5.32 Å². The molecule has 0 aromatic heterocycles. The van der Waals surface area contributed by atoms with Gasteiger partial charge < -0.3 is 14.8 Å². The Morgan fingerprint density at radius 1 is 1.04 bits per heavy atom. The standard InChI is InChI=1S/C20H29NO4/c1-5-13-20(4,16-11-9-8-10-12-16)15-21-14-17(18(22)24-6-2)19(23)25-7-3/h8-12,14,21H,5-7,13,15H2,1-4H3/t20-/m0/s1. The Bertz CT molecular complexity index is 563. The molecule has 0 aliphatic carbocycles. The number of carbonyl (C=O) groups excluding carboxylic acids is 2. The summed E-state index contributed by atoms with van der Waals surface area (Å²) in [5.74, 6) is -1.35. The van der Waals surface area contributed by atoms with Crippen LogP contribution in [0.1, 0.15) is 46.1 Å². The first kappa shape index (κ1) is 20.7. The van der Waals surface area contributed by atoms with Crippen molar-refractivity contribution < 1.29 is 19.1 Å². The van der Waals surface area contributed by atoms with Crippen LogP contribution in [0.2, 0.25) is 0 Å². The van der Waals surface area contributed by atoms with E-state index in [-0.39, 0.29) is 24.2 Å². The van der Waals surface area contributed by atoms with E-state index in [4.69, 9.17) is 9.47 Å². The summed E-state index contributed by atoms with van der Waals surface area (Å²) in [6, 6.07) is 10.2. The van der Waals surface area contributed by atoms with Crippen LogP contribution in [-0.4, -0.2) is 31.7 Å². The maximum Gasteiger partial charge on any atom is 0.347 e. The molecule has 0 amide bonds. The first-order valence-electron chi connectivity index (χ1n) is 8.81. The summed E-state index contributed by atoms with van der Waals surface area (Å²) < 4.78 is 9.88. The maximum atomic E-state index is 12.0. The molecule has 0 unspecified atom stereocenters. The summed E-state index contributed by atoms with van der Waals surface area (Å²) >= 11 is 0. The smallest absolute Gasteiger partial charge is 0.347 e. The molecular formula is C20H29NO4. The Labute approximate surface area is 150 Å². The second-order valence-electron chi connectivity index (χ2n) is 6.06. The van der Waals surface area contributed by atoms with Crippen LogP contribution in [0.15, 0.2) is 42.1 Å². The lowest BCUT2D eigenvalue weighted by molar-refractivity contribution is -0.146. The van der Waals surface area contributed by atoms with Crippen LogP contribution in [0, 0.1) is 0 Å². The zero-order valence-corrected chi connectivity index (χ0v) is 15.6. The number of hydrogen-bond donors (Lipinski definition) is 1. The molecule has 1 N–H and O–H groups in total. The quantitative estimate of drug-likeness (QED) is 0.304. The predicted octanol–water partition coefficient (Wildman–Crippen LogP) is 3.34. The Hall–Kier alpha value is -2.30. The van der Waals surface area contributed by atoms with Gasteiger partial charge in [-0.2, -0.15) is 0 Å². The van der Waals surface area contributed by atoms with Gasteiger partial charge in [0.05, 0.1) is 13.2 Å². The highest BCUT2D eigenvalue weighted by Gasteiger charge is 2.26. The number of benzene rings is 1. The van der Waals surface area contributed by atoms with Gasteiger partial charge in [0.25, 0.3) is 0 Å². The van der Waals surface area contributed by atoms with Gasteiger partial charge in [-0.15, -0.1) is 0 Å². The van der Waals surface area contributed by atoms with Gasteiger partial charge in [0.15, 0.2) is 5.57 Å². The van der Waals surface area contributed by atoms with Gasteiger partial charge >= 0.3 is 11.9 Å². The highest BCUT2D eigenvalue weighted by Crippen LogP contribution is 2.28. The molecule has 0 aliphatic rings. The number of carbonyl (C=O) groups is 2. The lowest BCUT2D eigenvalue weighted by Gasteiger charge is -2.30. The molecule has 5 heteroatoms. The second kappa shape index (κ2) is 10.5. The molecular weight excluding hydrogens is 318 g/mol. The van der Waals surface area contributed by atoms with Crippen molar-refractivity contribution in [2.75, 3.05) is 19.8 Å². The Balaban J connectivity index is 2.92. The molecule has 138 valence electrons. The monoisotopic (exact) mass is 347 g/mol. The van der Waals surface area contributed by atoms with E-state index in [0.717, 1.165) is 12.8 Å². The molecule has 25 heavy (non-hydrogen) atoms. The van der Waals surface area contributed by atoms with Crippen molar-refractivity contribution in [2.24, 2.45) is 0 Å². The molecule has 0 spiro atoms. The summed E-state index contributed by atoms with van der Waals surface area (Å²) in [6.45, 7) is 8.69. The third-order valence-corrected chi connectivity index (χ3v) is 4.00. The second-order valence-corrected chi connectivity index (χ2v) is 6.06. The van der Waals surface area contributed by atoms with Crippen molar-refractivity contribution in [3.8, 4) is 0 Å². The van der Waals surface area contributed by atoms with Crippen LogP contribution in [0.25, 0.3) is 0 Å². The van der Waals surface area contributed by atoms with Gasteiger partial charge in [0.1, 0.15) is 0 Å². The van der Waals surface area contributed by atoms with Crippen molar-refractivity contribution in [3.63, 3.8) is 0 Å². The van der Waals surface area contributed by atoms with Gasteiger partial charge in [-0.05, 0) is 25.8 Å². The zero-order valence-electron chi connectivity index (χ0n) is 15.6. The number of esters is 2. The van der Waals surface area contributed by atoms with Gasteiger partial charge in [-0.3, -0.25) is 0 Å². The molecule has 0 heterocycles. The van der Waals surface area contributed by atoms with Crippen molar-refractivity contribution in [1.82, 2.24) is 5.32 Å². The fraction of sp³-hybridized carbons (Fsp3) is 0.500. The first-order valence-corrected chi connectivity index (χ1v) is 8.81. The molecule has 1 atom stereocenters. The van der Waals surface area contributed by atoms with E-state index in [1.807, 2.05) is 18.2 Å². The number of nitrogens with one attached hydrogen (secondary N) is 1. The van der Waals surface area contributed by atoms with Crippen LogP contribution in [0.3, 0.4) is 0 Å². The van der Waals surface area contributed by atoms with Crippen LogP contribution in [0.5, 0.6) is 0 Å². The fourth-order valence-electron chi connectivity index (χ4n) is 2.72. The van der Waals surface area contributed by atoms with Gasteiger partial charge in [-0.1, -0.05) is 50.6 Å². The molecule has 1 rings (SSSR count). The summed E-state index contributed by atoms with van der Waals surface area (Å²) in [5, 5.41) is 3.12. The SMILES string of the molecule is CCC[C@@](C)(CNC=C(C(=O)OCC)C(=O)OCC)c1ccccc1. The van der Waals surface area contributed by atoms with E-state index in [0.29, 0.717) is 6.54 Å². The first-order chi connectivity index (χ1) is 12.0. The summed E-state index contributed by atoms with van der Waals surface area (Å²) in [6.07, 6.45) is 3.41. The minimum absolute atomic E-state index is 0.110. The molecule has 5 nitrogen and oxygen atoms in total. The average molecular weight is 347 g/mol. The largest absolute Gasteiger partial charge is 0.462 e. The van der Waals surface area contributed by atoms with E-state index < -0.39 is 11.9 Å². The predicted molar refractivity (Wildman–Crippen MR) is 98.1 cm³/mol. The molecule has 0 fully saturated rings. The fourth-order valence-corrected chi connectivity index (χ4v) is 2.72. The number of hydrogen-bond acceptors (Lipinski definition) is 5. The van der Waals surface area contributed by atoms with Gasteiger partial charge in [0, 0.05) is 18.2 Å². The third kappa shape index (κ3) is 6.25. The minimum atomic E-state index is -0.676. The summed E-state index contributed by atoms with van der Waals surface area (Å²) in [4.78, 5) is 24.0. The highest BCUT2D eigenvalue weighted by atomic mass is 16.6. The van der Waals surface area contributed by atoms with E-state index >= 15 is 0 Å². The van der Waals surface area contributed by atoms with E-state index in [1.54, 1.807) is 13.8 Å². The minimum Gasteiger partial charge on any atom is -0.462 e. The number of ether oxygens (including phenoxy) is 2. The molecule has 0 saturated heterocycles. The Morgan fingerprint density at radius 3 is 2.08 bits per heavy atom. The summed E-state index contributed by atoms with van der Waals surface area (Å²) in [7, 11) is 0. The molecule has 1 aromatic rings. The van der Waals surface area contributed by atoms with E-state index in [1.165, 1.54) is 11.8 Å². The van der Waals surface area contributed by atoms with Crippen LogP contribution in [-0.2, 0) is 24.5 Å². The topological polar surface area (TPSA) is 64.6 Å². The molecule has 1 aromatic carbocycles. The molecule has 0 aliphatic heterocycles. The zero-order chi connectivity index (χ0) is 18.7. The Morgan fingerprint density at radius 2 is 1.60 bits per heavy atom. The lowest BCUT2D eigenvalue weighted by atomic mass is 9.78. The summed E-state index contributed by atoms with van der Waals surface area (Å²) in [5.41, 5.74) is 0.989. The van der Waals surface area contributed by atoms with E-state index in [2.05, 4.69) is 31.3 Å². The molecule has 0 saturated carbocycles. The van der Waals surface area contributed by atoms with Crippen molar-refractivity contribution in [3.05, 3.63) is 47.7 Å².